The summed E-state index contributed by atoms with van der Waals surface area (Å²) in [4.78, 5) is 13.2. The molecule has 0 aliphatic heterocycles. The maximum atomic E-state index is 13.2. The minimum atomic E-state index is 0.0607. The van der Waals surface area contributed by atoms with Crippen LogP contribution < -0.4 is 0 Å². The van der Waals surface area contributed by atoms with Crippen LogP contribution in [0.15, 0.2) is 0 Å². The smallest absolute Gasteiger partial charge is 0.133 e. The Morgan fingerprint density at radius 2 is 1.44 bits per heavy atom. The van der Waals surface area contributed by atoms with Gasteiger partial charge in [0.2, 0.25) is 0 Å². The van der Waals surface area contributed by atoms with Gasteiger partial charge in [-0.05, 0) is 121 Å². The number of hydrogen-bond acceptors (Lipinski definition) is 5. The fraction of sp³-hybridized carbons (Fsp3) is 0.917. The van der Waals surface area contributed by atoms with Gasteiger partial charge in [-0.1, -0.05) is 41.5 Å². The van der Waals surface area contributed by atoms with E-state index in [-0.39, 0.29) is 44.5 Å². The van der Waals surface area contributed by atoms with E-state index in [1.54, 1.807) is 0 Å². The molecule has 0 spiro atoms. The molecule has 0 N–H and O–H groups in total. The molecule has 0 heterocycles. The van der Waals surface area contributed by atoms with E-state index in [4.69, 9.17) is 20.0 Å². The molecule has 5 saturated carbocycles. The second kappa shape index (κ2) is 10.6. The molecular weight excluding hydrogens is 508 g/mol. The zero-order valence-electron chi connectivity index (χ0n) is 27.1. The molecule has 228 valence electrons. The Labute approximate surface area is 250 Å². The van der Waals surface area contributed by atoms with Crippen LogP contribution in [0, 0.1) is 78.8 Å². The van der Waals surface area contributed by atoms with Crippen molar-refractivity contribution < 1.29 is 14.3 Å². The molecule has 0 saturated heterocycles. The van der Waals surface area contributed by atoms with Crippen LogP contribution in [-0.4, -0.2) is 31.7 Å². The van der Waals surface area contributed by atoms with E-state index in [1.807, 2.05) is 6.92 Å². The standard InChI is InChI=1S/C36H56N2O3/c1-25(39)26-10-17-36(24-40-22-8-20-37)19-18-35(7)33(5)15-11-27-31(2,3)29(41-23-9-21-38)13-14-32(27,4)28(33)12-16-34(35,6)30(26)36/h26-30H,8-19,22-24H2,1-7H3/t26-,27-,28+,29-,30+,32-,33+,34+,35-,36+/m0/s1. The third kappa shape index (κ3) is 4.30. The van der Waals surface area contributed by atoms with E-state index in [2.05, 4.69) is 53.7 Å². The fourth-order valence-electron chi connectivity index (χ4n) is 13.0. The lowest BCUT2D eigenvalue weighted by Crippen LogP contribution is -2.70. The zero-order valence-corrected chi connectivity index (χ0v) is 27.1. The van der Waals surface area contributed by atoms with Gasteiger partial charge in [-0.15, -0.1) is 0 Å². The van der Waals surface area contributed by atoms with Gasteiger partial charge in [0.05, 0.1) is 50.9 Å². The average molecular weight is 565 g/mol. The highest BCUT2D eigenvalue weighted by Crippen LogP contribution is 2.81. The maximum Gasteiger partial charge on any atom is 0.133 e. The van der Waals surface area contributed by atoms with Gasteiger partial charge >= 0.3 is 0 Å². The third-order valence-electron chi connectivity index (χ3n) is 15.1. The van der Waals surface area contributed by atoms with Crippen LogP contribution >= 0.6 is 0 Å². The highest BCUT2D eigenvalue weighted by atomic mass is 16.5. The summed E-state index contributed by atoms with van der Waals surface area (Å²) in [6, 6.07) is 4.49. The quantitative estimate of drug-likeness (QED) is 0.277. The molecule has 0 radical (unpaired) electrons. The Kier molecular flexibility index (Phi) is 8.04. The molecule has 5 rings (SSSR count). The van der Waals surface area contributed by atoms with Crippen LogP contribution in [0.25, 0.3) is 0 Å². The Balaban J connectivity index is 1.48. The van der Waals surface area contributed by atoms with Gasteiger partial charge in [0.15, 0.2) is 0 Å². The normalized spacial score (nSPS) is 48.1. The second-order valence-electron chi connectivity index (χ2n) is 16.5. The first-order valence-corrected chi connectivity index (χ1v) is 16.7. The molecule has 0 aromatic heterocycles. The summed E-state index contributed by atoms with van der Waals surface area (Å²) in [7, 11) is 0. The topological polar surface area (TPSA) is 83.1 Å². The van der Waals surface area contributed by atoms with E-state index in [0.29, 0.717) is 56.2 Å². The number of nitrogens with zero attached hydrogens (tertiary/aromatic N) is 2. The predicted molar refractivity (Wildman–Crippen MR) is 160 cm³/mol. The van der Waals surface area contributed by atoms with Crippen molar-refractivity contribution in [1.29, 1.82) is 10.5 Å². The number of Topliss-reactive ketones (excluding diaryl/α,β-unsaturated/α-hetero) is 1. The maximum absolute atomic E-state index is 13.2. The first kappa shape index (κ1) is 31.0. The lowest BCUT2D eigenvalue weighted by molar-refractivity contribution is -0.282. The number of carbonyl (C=O) groups excluding carboxylic acids is 1. The molecule has 41 heavy (non-hydrogen) atoms. The van der Waals surface area contributed by atoms with E-state index in [9.17, 15) is 4.79 Å². The molecule has 5 fully saturated rings. The minimum absolute atomic E-state index is 0.0607. The molecule has 5 aliphatic rings. The third-order valence-corrected chi connectivity index (χ3v) is 15.1. The molecular formula is C36H56N2O3. The van der Waals surface area contributed by atoms with Crippen LogP contribution in [0.3, 0.4) is 0 Å². The van der Waals surface area contributed by atoms with Crippen molar-refractivity contribution in [2.75, 3.05) is 19.8 Å². The van der Waals surface area contributed by atoms with Gasteiger partial charge < -0.3 is 9.47 Å². The number of fused-ring (bicyclic) bond motifs is 7. The number of ether oxygens (including phenoxy) is 2. The molecule has 0 aromatic carbocycles. The summed E-state index contributed by atoms with van der Waals surface area (Å²) in [5, 5.41) is 18.1. The molecule has 0 amide bonds. The summed E-state index contributed by atoms with van der Waals surface area (Å²) >= 11 is 0. The van der Waals surface area contributed by atoms with Crippen LogP contribution in [0.1, 0.15) is 126 Å². The summed E-state index contributed by atoms with van der Waals surface area (Å²) in [6.07, 6.45) is 12.8. The van der Waals surface area contributed by atoms with Gasteiger partial charge in [0.25, 0.3) is 0 Å². The first-order chi connectivity index (χ1) is 19.3. The van der Waals surface area contributed by atoms with Gasteiger partial charge in [0, 0.05) is 5.92 Å². The number of ketones is 1. The van der Waals surface area contributed by atoms with E-state index < -0.39 is 0 Å². The second-order valence-corrected chi connectivity index (χ2v) is 16.5. The highest BCUT2D eigenvalue weighted by Gasteiger charge is 2.74. The van der Waals surface area contributed by atoms with Crippen LogP contribution in [0.4, 0.5) is 0 Å². The van der Waals surface area contributed by atoms with Crippen molar-refractivity contribution in [3.05, 3.63) is 0 Å². The van der Waals surface area contributed by atoms with Gasteiger partial charge in [-0.25, -0.2) is 0 Å². The van der Waals surface area contributed by atoms with Crippen molar-refractivity contribution in [3.8, 4) is 12.1 Å². The molecule has 0 aromatic rings. The van der Waals surface area contributed by atoms with Gasteiger partial charge in [0.1, 0.15) is 5.78 Å². The van der Waals surface area contributed by atoms with Crippen LogP contribution in [0.5, 0.6) is 0 Å². The lowest BCUT2D eigenvalue weighted by Gasteiger charge is -2.76. The minimum Gasteiger partial charge on any atom is -0.380 e. The van der Waals surface area contributed by atoms with Crippen molar-refractivity contribution in [2.24, 2.45) is 56.2 Å². The summed E-state index contributed by atoms with van der Waals surface area (Å²) < 4.78 is 12.6. The van der Waals surface area contributed by atoms with E-state index in [0.717, 1.165) is 25.7 Å². The lowest BCUT2D eigenvalue weighted by atomic mass is 9.29. The fourth-order valence-corrected chi connectivity index (χ4v) is 13.0. The van der Waals surface area contributed by atoms with Crippen molar-refractivity contribution >= 4 is 5.78 Å². The predicted octanol–water partition coefficient (Wildman–Crippen LogP) is 8.28. The van der Waals surface area contributed by atoms with Crippen molar-refractivity contribution in [1.82, 2.24) is 0 Å². The Hall–Kier alpha value is -1.43. The zero-order chi connectivity index (χ0) is 29.9. The summed E-state index contributed by atoms with van der Waals surface area (Å²) in [6.45, 7) is 19.0. The van der Waals surface area contributed by atoms with Gasteiger partial charge in [-0.2, -0.15) is 10.5 Å². The Morgan fingerprint density at radius 1 is 0.780 bits per heavy atom. The molecule has 0 unspecified atom stereocenters. The summed E-state index contributed by atoms with van der Waals surface area (Å²) in [5.41, 5.74) is 0.927. The Morgan fingerprint density at radius 3 is 2.12 bits per heavy atom. The number of carbonyl (C=O) groups is 1. The number of nitriles is 2. The summed E-state index contributed by atoms with van der Waals surface area (Å²) in [5.74, 6) is 2.15. The average Bonchev–Trinajstić information content (AvgIpc) is 3.31. The van der Waals surface area contributed by atoms with Crippen LogP contribution in [-0.2, 0) is 14.3 Å². The van der Waals surface area contributed by atoms with Crippen molar-refractivity contribution in [2.45, 2.75) is 132 Å². The van der Waals surface area contributed by atoms with Gasteiger partial charge in [-0.3, -0.25) is 4.79 Å². The highest BCUT2D eigenvalue weighted by molar-refractivity contribution is 5.79. The molecule has 10 atom stereocenters. The largest absolute Gasteiger partial charge is 0.380 e. The molecule has 5 aliphatic carbocycles. The van der Waals surface area contributed by atoms with E-state index >= 15 is 0 Å². The van der Waals surface area contributed by atoms with Crippen LogP contribution in [0.2, 0.25) is 0 Å². The Bertz CT molecular complexity index is 1110. The van der Waals surface area contributed by atoms with Crippen molar-refractivity contribution in [3.63, 3.8) is 0 Å². The molecule has 0 bridgehead atoms. The number of rotatable bonds is 8. The SMILES string of the molecule is CC(=O)[C@@H]1CC[C@]2(COCCC#N)CC[C@@]3(C)[C@]4(C)CC[C@H]5C(C)(C)[C@@H](OCCC#N)CC[C@]5(C)[C@H]4CC[C@]3(C)[C@@H]12. The molecule has 5 nitrogen and oxygen atoms in total. The monoisotopic (exact) mass is 564 g/mol. The first-order valence-electron chi connectivity index (χ1n) is 16.7. The van der Waals surface area contributed by atoms with E-state index in [1.165, 1.54) is 38.5 Å². The number of hydrogen-bond donors (Lipinski definition) is 0. The molecule has 5 heteroatoms.